The number of anilines is 2. The van der Waals surface area contributed by atoms with Crippen LogP contribution < -0.4 is 10.6 Å². The lowest BCUT2D eigenvalue weighted by molar-refractivity contribution is 0.578. The van der Waals surface area contributed by atoms with E-state index in [9.17, 15) is 4.39 Å². The second-order valence-electron chi connectivity index (χ2n) is 5.85. The van der Waals surface area contributed by atoms with E-state index in [0.717, 1.165) is 24.1 Å². The summed E-state index contributed by atoms with van der Waals surface area (Å²) >= 11 is 0. The van der Waals surface area contributed by atoms with E-state index < -0.39 is 0 Å². The highest BCUT2D eigenvalue weighted by molar-refractivity contribution is 5.72. The molecule has 0 saturated carbocycles. The maximum absolute atomic E-state index is 14.6. The van der Waals surface area contributed by atoms with Crippen LogP contribution in [0.1, 0.15) is 37.4 Å². The van der Waals surface area contributed by atoms with Crippen LogP contribution in [0.3, 0.4) is 0 Å². The van der Waals surface area contributed by atoms with Crippen molar-refractivity contribution in [3.63, 3.8) is 0 Å². The van der Waals surface area contributed by atoms with E-state index in [-0.39, 0.29) is 17.9 Å². The molecule has 3 rings (SSSR count). The number of aryl methyl sites for hydroxylation is 1. The number of nitrogens with two attached hydrogens (primary N) is 1. The summed E-state index contributed by atoms with van der Waals surface area (Å²) < 4.78 is 14.6. The van der Waals surface area contributed by atoms with E-state index >= 15 is 0 Å². The highest BCUT2D eigenvalue weighted by Crippen LogP contribution is 2.40. The van der Waals surface area contributed by atoms with E-state index in [2.05, 4.69) is 24.0 Å². The molecule has 0 radical (unpaired) electrons. The van der Waals surface area contributed by atoms with E-state index in [0.29, 0.717) is 5.69 Å². The molecule has 0 bridgehead atoms. The zero-order valence-corrected chi connectivity index (χ0v) is 12.5. The van der Waals surface area contributed by atoms with Gasteiger partial charge in [0.2, 0.25) is 0 Å². The quantitative estimate of drug-likeness (QED) is 0.890. The lowest BCUT2D eigenvalue weighted by Gasteiger charge is -2.38. The summed E-state index contributed by atoms with van der Waals surface area (Å²) in [5, 5.41) is 0. The Hall–Kier alpha value is -1.87. The molecule has 21 heavy (non-hydrogen) atoms. The van der Waals surface area contributed by atoms with Crippen LogP contribution in [0.4, 0.5) is 15.8 Å². The van der Waals surface area contributed by atoms with Crippen molar-refractivity contribution in [3.05, 3.63) is 59.4 Å². The van der Waals surface area contributed by atoms with Crippen molar-refractivity contribution in [2.75, 3.05) is 4.90 Å². The normalized spacial score (nSPS) is 19.2. The van der Waals surface area contributed by atoms with Crippen molar-refractivity contribution in [3.8, 4) is 0 Å². The van der Waals surface area contributed by atoms with Crippen LogP contribution in [0.15, 0.2) is 42.5 Å². The van der Waals surface area contributed by atoms with Gasteiger partial charge >= 0.3 is 0 Å². The SMILES string of the molecule is CC1CCc2ccccc2N1c1c(F)cccc1[C@@H](C)N. The molecule has 1 aliphatic rings. The number of nitrogens with zero attached hydrogens (tertiary/aromatic N) is 1. The maximum atomic E-state index is 14.6. The standard InChI is InChI=1S/C18H21FN2/c1-12-10-11-14-6-3-4-9-17(14)21(12)18-15(13(2)20)7-5-8-16(18)19/h3-9,12-13H,10-11,20H2,1-2H3/t12?,13-/m1/s1. The minimum absolute atomic E-state index is 0.197. The first-order valence-electron chi connectivity index (χ1n) is 7.50. The number of rotatable bonds is 2. The van der Waals surface area contributed by atoms with Gasteiger partial charge in [-0.2, -0.15) is 0 Å². The summed E-state index contributed by atoms with van der Waals surface area (Å²) in [5.41, 5.74) is 9.93. The van der Waals surface area contributed by atoms with Gasteiger partial charge in [0.05, 0.1) is 5.69 Å². The smallest absolute Gasteiger partial charge is 0.147 e. The fourth-order valence-electron chi connectivity index (χ4n) is 3.18. The molecule has 0 aliphatic carbocycles. The first-order valence-corrected chi connectivity index (χ1v) is 7.50. The van der Waals surface area contributed by atoms with Gasteiger partial charge in [-0.1, -0.05) is 30.3 Å². The van der Waals surface area contributed by atoms with E-state index in [1.807, 2.05) is 25.1 Å². The van der Waals surface area contributed by atoms with Crippen LogP contribution in [0.25, 0.3) is 0 Å². The molecule has 2 nitrogen and oxygen atoms in total. The molecule has 0 fully saturated rings. The van der Waals surface area contributed by atoms with Crippen molar-refractivity contribution >= 4 is 11.4 Å². The van der Waals surface area contributed by atoms with Gasteiger partial charge in [0.25, 0.3) is 0 Å². The third kappa shape index (κ3) is 2.42. The Morgan fingerprint density at radius 1 is 1.19 bits per heavy atom. The topological polar surface area (TPSA) is 29.3 Å². The third-order valence-electron chi connectivity index (χ3n) is 4.27. The molecule has 2 N–H and O–H groups in total. The first-order chi connectivity index (χ1) is 10.1. The summed E-state index contributed by atoms with van der Waals surface area (Å²) in [6, 6.07) is 13.5. The maximum Gasteiger partial charge on any atom is 0.147 e. The summed E-state index contributed by atoms with van der Waals surface area (Å²) in [5.74, 6) is -0.201. The van der Waals surface area contributed by atoms with Crippen molar-refractivity contribution in [1.29, 1.82) is 0 Å². The molecular formula is C18H21FN2. The molecule has 2 atom stereocenters. The van der Waals surface area contributed by atoms with Gasteiger partial charge in [-0.15, -0.1) is 0 Å². The molecule has 3 heteroatoms. The Kier molecular flexibility index (Phi) is 3.68. The average Bonchev–Trinajstić information content (AvgIpc) is 2.47. The summed E-state index contributed by atoms with van der Waals surface area (Å²) in [7, 11) is 0. The number of hydrogen-bond donors (Lipinski definition) is 1. The van der Waals surface area contributed by atoms with Gasteiger partial charge in [-0.05, 0) is 49.9 Å². The zero-order chi connectivity index (χ0) is 15.0. The molecule has 2 aromatic rings. The Morgan fingerprint density at radius 2 is 1.95 bits per heavy atom. The lowest BCUT2D eigenvalue weighted by atomic mass is 9.94. The average molecular weight is 284 g/mol. The Labute approximate surface area is 125 Å². The van der Waals surface area contributed by atoms with Crippen molar-refractivity contribution in [2.24, 2.45) is 5.73 Å². The van der Waals surface area contributed by atoms with Crippen LogP contribution in [0.2, 0.25) is 0 Å². The number of hydrogen-bond acceptors (Lipinski definition) is 2. The highest BCUT2D eigenvalue weighted by atomic mass is 19.1. The van der Waals surface area contributed by atoms with Crippen LogP contribution in [-0.2, 0) is 6.42 Å². The van der Waals surface area contributed by atoms with Gasteiger partial charge in [0.15, 0.2) is 0 Å². The van der Waals surface area contributed by atoms with Crippen molar-refractivity contribution in [2.45, 2.75) is 38.8 Å². The van der Waals surface area contributed by atoms with Gasteiger partial charge in [0.1, 0.15) is 5.82 Å². The number of halogens is 1. The van der Waals surface area contributed by atoms with E-state index in [1.54, 1.807) is 6.07 Å². The first kappa shape index (κ1) is 14.1. The molecule has 110 valence electrons. The number of fused-ring (bicyclic) bond motifs is 1. The lowest BCUT2D eigenvalue weighted by Crippen LogP contribution is -2.35. The second-order valence-corrected chi connectivity index (χ2v) is 5.85. The minimum atomic E-state index is -0.201. The van der Waals surface area contributed by atoms with Crippen LogP contribution in [0.5, 0.6) is 0 Å². The van der Waals surface area contributed by atoms with Crippen LogP contribution >= 0.6 is 0 Å². The molecule has 0 spiro atoms. The zero-order valence-electron chi connectivity index (χ0n) is 12.5. The van der Waals surface area contributed by atoms with Crippen molar-refractivity contribution in [1.82, 2.24) is 0 Å². The molecule has 1 heterocycles. The largest absolute Gasteiger partial charge is 0.336 e. The molecule has 0 aromatic heterocycles. The van der Waals surface area contributed by atoms with Gasteiger partial charge in [0, 0.05) is 17.8 Å². The Balaban J connectivity index is 2.21. The molecule has 0 saturated heterocycles. The van der Waals surface area contributed by atoms with Gasteiger partial charge < -0.3 is 10.6 Å². The summed E-state index contributed by atoms with van der Waals surface area (Å²) in [6.45, 7) is 4.05. The predicted molar refractivity (Wildman–Crippen MR) is 85.4 cm³/mol. The van der Waals surface area contributed by atoms with E-state index in [1.165, 1.54) is 11.6 Å². The fourth-order valence-corrected chi connectivity index (χ4v) is 3.18. The Bertz CT molecular complexity index is 651. The fraction of sp³-hybridized carbons (Fsp3) is 0.333. The van der Waals surface area contributed by atoms with Crippen molar-refractivity contribution < 1.29 is 4.39 Å². The number of benzene rings is 2. The van der Waals surface area contributed by atoms with Gasteiger partial charge in [-0.25, -0.2) is 4.39 Å². The van der Waals surface area contributed by atoms with E-state index in [4.69, 9.17) is 5.73 Å². The van der Waals surface area contributed by atoms with Crippen LogP contribution in [0, 0.1) is 5.82 Å². The van der Waals surface area contributed by atoms with Gasteiger partial charge in [-0.3, -0.25) is 0 Å². The summed E-state index contributed by atoms with van der Waals surface area (Å²) in [4.78, 5) is 2.12. The third-order valence-corrected chi connectivity index (χ3v) is 4.27. The molecule has 1 aliphatic heterocycles. The second kappa shape index (κ2) is 5.49. The minimum Gasteiger partial charge on any atom is -0.336 e. The monoisotopic (exact) mass is 284 g/mol. The molecular weight excluding hydrogens is 263 g/mol. The van der Waals surface area contributed by atoms with Crippen LogP contribution in [-0.4, -0.2) is 6.04 Å². The molecule has 1 unspecified atom stereocenters. The number of para-hydroxylation sites is 2. The predicted octanol–water partition coefficient (Wildman–Crippen LogP) is 4.32. The molecule has 2 aromatic carbocycles. The highest BCUT2D eigenvalue weighted by Gasteiger charge is 2.28. The summed E-state index contributed by atoms with van der Waals surface area (Å²) in [6.07, 6.45) is 2.06. The Morgan fingerprint density at radius 3 is 2.71 bits per heavy atom. The molecule has 0 amide bonds.